The van der Waals surface area contributed by atoms with E-state index in [-0.39, 0.29) is 22.6 Å². The summed E-state index contributed by atoms with van der Waals surface area (Å²) < 4.78 is 39.7. The summed E-state index contributed by atoms with van der Waals surface area (Å²) in [6.45, 7) is -0.151. The molecular weight excluding hydrogens is 357 g/mol. The van der Waals surface area contributed by atoms with Crippen LogP contribution in [-0.4, -0.2) is 15.5 Å². The Balaban J connectivity index is 1.76. The lowest BCUT2D eigenvalue weighted by Crippen LogP contribution is -2.32. The Morgan fingerprint density at radius 2 is 1.96 bits per heavy atom. The molecule has 1 aromatic carbocycles. The molecule has 5 nitrogen and oxygen atoms in total. The molecule has 25 heavy (non-hydrogen) atoms. The largest absolute Gasteiger partial charge is 0.417 e. The van der Waals surface area contributed by atoms with Crippen molar-refractivity contribution in [3.63, 3.8) is 0 Å². The van der Waals surface area contributed by atoms with Gasteiger partial charge in [0.2, 0.25) is 0 Å². The number of rotatable bonds is 4. The molecule has 0 atom stereocenters. The maximum atomic E-state index is 12.8. The molecule has 0 spiro atoms. The minimum absolute atomic E-state index is 0.0948. The molecule has 2 aromatic heterocycles. The number of hydrogen-bond acceptors (Lipinski definition) is 3. The van der Waals surface area contributed by atoms with Gasteiger partial charge in [0.15, 0.2) is 0 Å². The van der Waals surface area contributed by atoms with Crippen molar-refractivity contribution < 1.29 is 18.0 Å². The molecule has 2 heterocycles. The molecule has 0 bridgehead atoms. The first-order chi connectivity index (χ1) is 11.8. The summed E-state index contributed by atoms with van der Waals surface area (Å²) in [5.74, 6) is -0.404. The number of hydrazine groups is 1. The van der Waals surface area contributed by atoms with E-state index in [9.17, 15) is 18.0 Å². The third-order valence-electron chi connectivity index (χ3n) is 3.43. The zero-order valence-corrected chi connectivity index (χ0v) is 13.4. The Bertz CT molecular complexity index is 909. The maximum Gasteiger partial charge on any atom is 0.417 e. The van der Waals surface area contributed by atoms with Gasteiger partial charge in [-0.2, -0.15) is 13.2 Å². The number of anilines is 1. The van der Waals surface area contributed by atoms with Crippen LogP contribution in [0.4, 0.5) is 18.9 Å². The number of alkyl halides is 3. The zero-order valence-electron chi connectivity index (χ0n) is 12.6. The molecule has 0 unspecified atom stereocenters. The Hall–Kier alpha value is -2.74. The lowest BCUT2D eigenvalue weighted by Gasteiger charge is -2.10. The van der Waals surface area contributed by atoms with E-state index in [0.29, 0.717) is 5.69 Å². The third kappa shape index (κ3) is 3.85. The molecular formula is C16H12ClF3N4O. The number of hydrogen-bond donors (Lipinski definition) is 2. The lowest BCUT2D eigenvalue weighted by atomic mass is 10.2. The van der Waals surface area contributed by atoms with Gasteiger partial charge in [0, 0.05) is 17.8 Å². The number of carbonyl (C=O) groups excluding carboxylic acids is 1. The van der Waals surface area contributed by atoms with Gasteiger partial charge >= 0.3 is 6.18 Å². The first-order valence-electron chi connectivity index (χ1n) is 7.16. The summed E-state index contributed by atoms with van der Waals surface area (Å²) in [5.41, 5.74) is 5.23. The Morgan fingerprint density at radius 1 is 1.24 bits per heavy atom. The van der Waals surface area contributed by atoms with Gasteiger partial charge in [-0.05, 0) is 18.2 Å². The number of carbonyl (C=O) groups is 1. The van der Waals surface area contributed by atoms with Gasteiger partial charge in [-0.1, -0.05) is 29.8 Å². The van der Waals surface area contributed by atoms with Crippen LogP contribution in [0.15, 0.2) is 48.8 Å². The van der Waals surface area contributed by atoms with Crippen LogP contribution < -0.4 is 10.9 Å². The molecule has 0 saturated carbocycles. The Kier molecular flexibility index (Phi) is 4.54. The number of pyridine rings is 1. The second-order valence-electron chi connectivity index (χ2n) is 5.24. The number of amides is 1. The monoisotopic (exact) mass is 368 g/mol. The van der Waals surface area contributed by atoms with E-state index in [2.05, 4.69) is 15.8 Å². The molecule has 0 fully saturated rings. The van der Waals surface area contributed by atoms with E-state index in [1.165, 1.54) is 10.8 Å². The van der Waals surface area contributed by atoms with Crippen LogP contribution in [0.3, 0.4) is 0 Å². The van der Waals surface area contributed by atoms with Crippen LogP contribution in [0.5, 0.6) is 0 Å². The number of aromatic nitrogens is 2. The van der Waals surface area contributed by atoms with Crippen molar-refractivity contribution in [2.75, 3.05) is 5.43 Å². The zero-order chi connectivity index (χ0) is 18.0. The number of fused-ring (bicyclic) bond motifs is 1. The first-order valence-corrected chi connectivity index (χ1v) is 7.54. The van der Waals surface area contributed by atoms with Crippen LogP contribution in [0.1, 0.15) is 5.56 Å². The normalized spacial score (nSPS) is 11.5. The molecule has 130 valence electrons. The average Bonchev–Trinajstić information content (AvgIpc) is 2.89. The van der Waals surface area contributed by atoms with Crippen LogP contribution >= 0.6 is 11.6 Å². The number of nitrogens with one attached hydrogen (secondary N) is 2. The molecule has 1 amide bonds. The minimum Gasteiger partial charge on any atom is -0.321 e. The molecule has 2 N–H and O–H groups in total. The highest BCUT2D eigenvalue weighted by Gasteiger charge is 2.31. The highest BCUT2D eigenvalue weighted by atomic mass is 35.5. The predicted octanol–water partition coefficient (Wildman–Crippen LogP) is 3.85. The van der Waals surface area contributed by atoms with E-state index in [1.807, 2.05) is 6.07 Å². The van der Waals surface area contributed by atoms with Crippen molar-refractivity contribution in [1.82, 2.24) is 15.0 Å². The summed E-state index contributed by atoms with van der Waals surface area (Å²) >= 11 is 5.98. The summed E-state index contributed by atoms with van der Waals surface area (Å²) in [7, 11) is 0. The molecule has 0 saturated heterocycles. The van der Waals surface area contributed by atoms with Gasteiger partial charge in [0.1, 0.15) is 12.2 Å². The standard InChI is InChI=1S/C16H12ClF3N4O/c17-13-8-24(9-14(25)23-22-11-4-2-1-3-5-11)15-12(13)6-10(7-21-15)16(18,19)20/h1-8,22H,9H2,(H,23,25). The third-order valence-corrected chi connectivity index (χ3v) is 3.73. The smallest absolute Gasteiger partial charge is 0.321 e. The molecule has 0 aliphatic rings. The Labute approximate surface area is 145 Å². The van der Waals surface area contributed by atoms with E-state index >= 15 is 0 Å². The highest BCUT2D eigenvalue weighted by Crippen LogP contribution is 2.33. The summed E-state index contributed by atoms with van der Waals surface area (Å²) in [6, 6.07) is 9.89. The summed E-state index contributed by atoms with van der Waals surface area (Å²) in [4.78, 5) is 15.8. The quantitative estimate of drug-likeness (QED) is 0.688. The van der Waals surface area contributed by atoms with E-state index < -0.39 is 17.6 Å². The van der Waals surface area contributed by atoms with Gasteiger partial charge in [-0.25, -0.2) is 4.98 Å². The topological polar surface area (TPSA) is 59.0 Å². The SMILES string of the molecule is O=C(Cn1cc(Cl)c2cc(C(F)(F)F)cnc21)NNc1ccccc1. The second-order valence-corrected chi connectivity index (χ2v) is 5.64. The molecule has 0 aliphatic heterocycles. The molecule has 0 radical (unpaired) electrons. The van der Waals surface area contributed by atoms with Crippen molar-refractivity contribution in [3.05, 3.63) is 59.4 Å². The van der Waals surface area contributed by atoms with Gasteiger partial charge < -0.3 is 4.57 Å². The van der Waals surface area contributed by atoms with Gasteiger partial charge in [-0.15, -0.1) is 0 Å². The molecule has 9 heteroatoms. The fourth-order valence-corrected chi connectivity index (χ4v) is 2.52. The number of benzene rings is 1. The van der Waals surface area contributed by atoms with E-state index in [4.69, 9.17) is 11.6 Å². The van der Waals surface area contributed by atoms with Crippen molar-refractivity contribution in [2.24, 2.45) is 0 Å². The van der Waals surface area contributed by atoms with E-state index in [1.54, 1.807) is 24.3 Å². The van der Waals surface area contributed by atoms with Crippen LogP contribution in [0.25, 0.3) is 11.0 Å². The molecule has 0 aliphatic carbocycles. The van der Waals surface area contributed by atoms with Crippen LogP contribution in [0, 0.1) is 0 Å². The minimum atomic E-state index is -4.51. The van der Waals surface area contributed by atoms with Gasteiger partial charge in [0.25, 0.3) is 5.91 Å². The fraction of sp³-hybridized carbons (Fsp3) is 0.125. The van der Waals surface area contributed by atoms with Gasteiger partial charge in [-0.3, -0.25) is 15.6 Å². The molecule has 3 aromatic rings. The second kappa shape index (κ2) is 6.64. The predicted molar refractivity (Wildman–Crippen MR) is 88.0 cm³/mol. The van der Waals surface area contributed by atoms with Gasteiger partial charge in [0.05, 0.1) is 16.3 Å². The number of nitrogens with zero attached hydrogens (tertiary/aromatic N) is 2. The van der Waals surface area contributed by atoms with Crippen LogP contribution in [-0.2, 0) is 17.5 Å². The van der Waals surface area contributed by atoms with Crippen molar-refractivity contribution in [2.45, 2.75) is 12.7 Å². The lowest BCUT2D eigenvalue weighted by molar-refractivity contribution is -0.137. The number of halogens is 4. The average molecular weight is 369 g/mol. The van der Waals surface area contributed by atoms with Crippen LogP contribution in [0.2, 0.25) is 5.02 Å². The Morgan fingerprint density at radius 3 is 2.64 bits per heavy atom. The number of para-hydroxylation sites is 1. The van der Waals surface area contributed by atoms with E-state index in [0.717, 1.165) is 12.3 Å². The van der Waals surface area contributed by atoms with Crippen molar-refractivity contribution >= 4 is 34.2 Å². The fourth-order valence-electron chi connectivity index (χ4n) is 2.26. The maximum absolute atomic E-state index is 12.8. The van der Waals surface area contributed by atoms with Crippen molar-refractivity contribution in [3.8, 4) is 0 Å². The first kappa shape index (κ1) is 17.1. The highest BCUT2D eigenvalue weighted by molar-refractivity contribution is 6.35. The summed E-state index contributed by atoms with van der Waals surface area (Å²) in [5, 5.41) is 0.234. The molecule has 3 rings (SSSR count). The van der Waals surface area contributed by atoms with Crippen molar-refractivity contribution in [1.29, 1.82) is 0 Å². The summed E-state index contributed by atoms with van der Waals surface area (Å²) in [6.07, 6.45) is -2.42.